The third-order valence-electron chi connectivity index (χ3n) is 3.29. The molecule has 1 aromatic rings. The molecule has 0 saturated heterocycles. The van der Waals surface area contributed by atoms with Crippen molar-refractivity contribution >= 4 is 11.5 Å². The molecule has 3 heteroatoms. The molecule has 0 amide bonds. The number of Topliss-reactive ketones (excluding diaryl/α,β-unsaturated/α-hetero) is 1. The molecule has 0 aromatic heterocycles. The van der Waals surface area contributed by atoms with Crippen LogP contribution < -0.4 is 4.90 Å². The summed E-state index contributed by atoms with van der Waals surface area (Å²) in [5.74, 6) is 0.210. The van der Waals surface area contributed by atoms with Crippen molar-refractivity contribution in [2.75, 3.05) is 38.6 Å². The van der Waals surface area contributed by atoms with Gasteiger partial charge in [-0.25, -0.2) is 0 Å². The van der Waals surface area contributed by atoms with Gasteiger partial charge in [0.1, 0.15) is 0 Å². The molecule has 19 heavy (non-hydrogen) atoms. The molecule has 0 aliphatic heterocycles. The van der Waals surface area contributed by atoms with Crippen molar-refractivity contribution in [2.45, 2.75) is 26.7 Å². The van der Waals surface area contributed by atoms with E-state index in [9.17, 15) is 4.79 Å². The molecule has 1 rings (SSSR count). The number of nitrogens with zero attached hydrogens (tertiary/aromatic N) is 2. The second-order valence-corrected chi connectivity index (χ2v) is 5.06. The zero-order valence-electron chi connectivity index (χ0n) is 12.6. The van der Waals surface area contributed by atoms with Gasteiger partial charge in [0, 0.05) is 30.8 Å². The van der Waals surface area contributed by atoms with Crippen LogP contribution in [0.25, 0.3) is 0 Å². The van der Waals surface area contributed by atoms with Crippen molar-refractivity contribution in [1.29, 1.82) is 0 Å². The monoisotopic (exact) mass is 262 g/mol. The van der Waals surface area contributed by atoms with Crippen LogP contribution in [0.5, 0.6) is 0 Å². The van der Waals surface area contributed by atoms with Gasteiger partial charge in [-0.05, 0) is 58.3 Å². The van der Waals surface area contributed by atoms with Crippen molar-refractivity contribution in [2.24, 2.45) is 0 Å². The molecule has 0 unspecified atom stereocenters. The molecule has 0 saturated carbocycles. The number of carbonyl (C=O) groups excluding carboxylic acids is 1. The maximum Gasteiger partial charge on any atom is 0.162 e. The Morgan fingerprint density at radius 1 is 1.05 bits per heavy atom. The summed E-state index contributed by atoms with van der Waals surface area (Å²) in [5, 5.41) is 0. The lowest BCUT2D eigenvalue weighted by molar-refractivity contribution is 0.0988. The van der Waals surface area contributed by atoms with Crippen molar-refractivity contribution in [3.63, 3.8) is 0 Å². The van der Waals surface area contributed by atoms with Crippen LogP contribution in [0.4, 0.5) is 5.69 Å². The van der Waals surface area contributed by atoms with Crippen LogP contribution in [0.1, 0.15) is 37.0 Å². The van der Waals surface area contributed by atoms with Gasteiger partial charge in [-0.15, -0.1) is 0 Å². The van der Waals surface area contributed by atoms with Gasteiger partial charge in [0.05, 0.1) is 0 Å². The first-order valence-corrected chi connectivity index (χ1v) is 7.11. The lowest BCUT2D eigenvalue weighted by atomic mass is 10.1. The highest BCUT2D eigenvalue weighted by molar-refractivity contribution is 5.96. The van der Waals surface area contributed by atoms with Crippen LogP contribution in [0, 0.1) is 0 Å². The third kappa shape index (κ3) is 5.03. The maximum absolute atomic E-state index is 11.6. The quantitative estimate of drug-likeness (QED) is 0.673. The largest absolute Gasteiger partial charge is 0.372 e. The molecule has 0 atom stereocenters. The Balaban J connectivity index is 2.63. The summed E-state index contributed by atoms with van der Waals surface area (Å²) in [6.45, 7) is 7.21. The van der Waals surface area contributed by atoms with Gasteiger partial charge in [0.2, 0.25) is 0 Å². The summed E-state index contributed by atoms with van der Waals surface area (Å²) in [4.78, 5) is 16.1. The van der Waals surface area contributed by atoms with Crippen molar-refractivity contribution in [3.8, 4) is 0 Å². The number of benzene rings is 1. The van der Waals surface area contributed by atoms with E-state index in [1.54, 1.807) is 0 Å². The van der Waals surface area contributed by atoms with Gasteiger partial charge in [-0.3, -0.25) is 4.79 Å². The summed E-state index contributed by atoms with van der Waals surface area (Å²) < 4.78 is 0. The number of rotatable bonds is 8. The lowest BCUT2D eigenvalue weighted by Crippen LogP contribution is -2.26. The molecular weight excluding hydrogens is 236 g/mol. The van der Waals surface area contributed by atoms with Gasteiger partial charge in [0.25, 0.3) is 0 Å². The molecule has 3 nitrogen and oxygen atoms in total. The van der Waals surface area contributed by atoms with E-state index in [2.05, 4.69) is 43.0 Å². The lowest BCUT2D eigenvalue weighted by Gasteiger charge is -2.24. The van der Waals surface area contributed by atoms with E-state index in [4.69, 9.17) is 0 Å². The molecule has 0 aliphatic carbocycles. The second kappa shape index (κ2) is 7.95. The zero-order chi connectivity index (χ0) is 14.3. The van der Waals surface area contributed by atoms with Crippen molar-refractivity contribution in [1.82, 2.24) is 4.90 Å². The fourth-order valence-electron chi connectivity index (χ4n) is 2.11. The van der Waals surface area contributed by atoms with E-state index in [0.717, 1.165) is 31.6 Å². The van der Waals surface area contributed by atoms with Crippen LogP contribution >= 0.6 is 0 Å². The summed E-state index contributed by atoms with van der Waals surface area (Å²) in [6.07, 6.45) is 1.72. The van der Waals surface area contributed by atoms with Gasteiger partial charge < -0.3 is 9.80 Å². The standard InChI is InChI=1S/C16H26N2O/c1-5-16(19)14-8-10-15(11-9-14)18(6-2)13-7-12-17(3)4/h8-11H,5-7,12-13H2,1-4H3. The molecule has 0 fully saturated rings. The maximum atomic E-state index is 11.6. The van der Waals surface area contributed by atoms with Crippen LogP contribution in [0.3, 0.4) is 0 Å². The minimum absolute atomic E-state index is 0.210. The van der Waals surface area contributed by atoms with Crippen LogP contribution in [0.2, 0.25) is 0 Å². The number of hydrogen-bond donors (Lipinski definition) is 0. The van der Waals surface area contributed by atoms with Gasteiger partial charge >= 0.3 is 0 Å². The minimum atomic E-state index is 0.210. The Labute approximate surface area is 117 Å². The van der Waals surface area contributed by atoms with E-state index in [-0.39, 0.29) is 5.78 Å². The Morgan fingerprint density at radius 3 is 2.16 bits per heavy atom. The van der Waals surface area contributed by atoms with Gasteiger partial charge in [-0.1, -0.05) is 6.92 Å². The highest BCUT2D eigenvalue weighted by Crippen LogP contribution is 2.16. The van der Waals surface area contributed by atoms with E-state index in [1.165, 1.54) is 5.69 Å². The number of ketones is 1. The predicted molar refractivity (Wildman–Crippen MR) is 82.1 cm³/mol. The second-order valence-electron chi connectivity index (χ2n) is 5.06. The Morgan fingerprint density at radius 2 is 1.68 bits per heavy atom. The SMILES string of the molecule is CCC(=O)c1ccc(N(CC)CCCN(C)C)cc1. The van der Waals surface area contributed by atoms with Crippen molar-refractivity contribution < 1.29 is 4.79 Å². The fourth-order valence-corrected chi connectivity index (χ4v) is 2.11. The normalized spacial score (nSPS) is 10.8. The molecule has 1 aromatic carbocycles. The third-order valence-corrected chi connectivity index (χ3v) is 3.29. The molecule has 0 aliphatic rings. The average Bonchev–Trinajstić information content (AvgIpc) is 2.43. The first-order chi connectivity index (χ1) is 9.08. The summed E-state index contributed by atoms with van der Waals surface area (Å²) >= 11 is 0. The highest BCUT2D eigenvalue weighted by Gasteiger charge is 2.06. The smallest absolute Gasteiger partial charge is 0.162 e. The first-order valence-electron chi connectivity index (χ1n) is 7.11. The Kier molecular flexibility index (Phi) is 6.57. The molecule has 0 bridgehead atoms. The summed E-state index contributed by atoms with van der Waals surface area (Å²) in [5.41, 5.74) is 2.02. The number of anilines is 1. The van der Waals surface area contributed by atoms with Gasteiger partial charge in [0.15, 0.2) is 5.78 Å². The summed E-state index contributed by atoms with van der Waals surface area (Å²) in [6, 6.07) is 8.00. The van der Waals surface area contributed by atoms with E-state index in [0.29, 0.717) is 6.42 Å². The molecular formula is C16H26N2O. The van der Waals surface area contributed by atoms with E-state index >= 15 is 0 Å². The topological polar surface area (TPSA) is 23.6 Å². The molecule has 0 heterocycles. The predicted octanol–water partition coefficient (Wildman–Crippen LogP) is 3.06. The number of carbonyl (C=O) groups is 1. The Bertz CT molecular complexity index is 384. The van der Waals surface area contributed by atoms with Gasteiger partial charge in [-0.2, -0.15) is 0 Å². The summed E-state index contributed by atoms with van der Waals surface area (Å²) in [7, 11) is 4.20. The fraction of sp³-hybridized carbons (Fsp3) is 0.562. The Hall–Kier alpha value is -1.35. The van der Waals surface area contributed by atoms with E-state index < -0.39 is 0 Å². The highest BCUT2D eigenvalue weighted by atomic mass is 16.1. The first kappa shape index (κ1) is 15.7. The number of hydrogen-bond acceptors (Lipinski definition) is 3. The molecule has 0 N–H and O–H groups in total. The minimum Gasteiger partial charge on any atom is -0.372 e. The van der Waals surface area contributed by atoms with Crippen molar-refractivity contribution in [3.05, 3.63) is 29.8 Å². The molecule has 0 spiro atoms. The van der Waals surface area contributed by atoms with E-state index in [1.807, 2.05) is 19.1 Å². The molecule has 106 valence electrons. The zero-order valence-corrected chi connectivity index (χ0v) is 12.6. The van der Waals surface area contributed by atoms with Crippen LogP contribution in [-0.4, -0.2) is 44.4 Å². The van der Waals surface area contributed by atoms with Crippen LogP contribution in [-0.2, 0) is 0 Å². The molecule has 0 radical (unpaired) electrons. The van der Waals surface area contributed by atoms with Crippen LogP contribution in [0.15, 0.2) is 24.3 Å². The average molecular weight is 262 g/mol.